The number of urea groups is 1. The molecule has 13 nitrogen and oxygen atoms in total. The molecule has 0 radical (unpaired) electrons. The molecule has 5 amide bonds. The smallest absolute Gasteiger partial charge is 0.315 e. The van der Waals surface area contributed by atoms with Crippen LogP contribution in [-0.2, 0) is 19.2 Å². The second-order valence-corrected chi connectivity index (χ2v) is 9.98. The Balaban J connectivity index is 2.28. The molecule has 1 heterocycles. The van der Waals surface area contributed by atoms with Crippen molar-refractivity contribution >= 4 is 36.0 Å². The van der Waals surface area contributed by atoms with Crippen molar-refractivity contribution in [3.8, 4) is 5.75 Å². The number of aliphatic carboxylic acids is 1. The minimum Gasteiger partial charge on any atom is -0.497 e. The van der Waals surface area contributed by atoms with Crippen LogP contribution in [0.25, 0.3) is 0 Å². The zero-order chi connectivity index (χ0) is 29.3. The van der Waals surface area contributed by atoms with Crippen molar-refractivity contribution in [1.29, 1.82) is 0 Å². The Morgan fingerprint density at radius 3 is 2.21 bits per heavy atom. The number of carboxylic acids is 1. The summed E-state index contributed by atoms with van der Waals surface area (Å²) in [4.78, 5) is 75.7. The number of rotatable bonds is 12. The minimum atomic E-state index is -1.29. The molecule has 1 fully saturated rings. The van der Waals surface area contributed by atoms with Gasteiger partial charge in [-0.05, 0) is 50.5 Å². The lowest BCUT2D eigenvalue weighted by Gasteiger charge is -2.31. The normalized spacial score (nSPS) is 18.2. The van der Waals surface area contributed by atoms with Gasteiger partial charge in [-0.3, -0.25) is 19.2 Å². The lowest BCUT2D eigenvalue weighted by molar-refractivity contribution is -0.142. The molecule has 39 heavy (non-hydrogen) atoms. The van der Waals surface area contributed by atoms with Gasteiger partial charge < -0.3 is 40.8 Å². The fourth-order valence-corrected chi connectivity index (χ4v) is 4.18. The first-order valence-corrected chi connectivity index (χ1v) is 12.7. The maximum atomic E-state index is 13.7. The molecule has 1 saturated heterocycles. The number of carbonyl (C=O) groups is 6. The summed E-state index contributed by atoms with van der Waals surface area (Å²) in [5.41, 5.74) is 0.303. The third-order valence-electron chi connectivity index (χ3n) is 6.10. The molecular formula is C26H37N5O8. The number of hydrogen-bond donors (Lipinski definition) is 5. The van der Waals surface area contributed by atoms with Crippen molar-refractivity contribution in [1.82, 2.24) is 26.2 Å². The summed E-state index contributed by atoms with van der Waals surface area (Å²) in [6.45, 7) is 7.00. The molecule has 0 bridgehead atoms. The molecule has 0 aliphatic carbocycles. The first-order chi connectivity index (χ1) is 18.4. The minimum absolute atomic E-state index is 0.0268. The van der Waals surface area contributed by atoms with E-state index in [-0.39, 0.29) is 24.9 Å². The lowest BCUT2D eigenvalue weighted by Crippen LogP contribution is -2.56. The average molecular weight is 548 g/mol. The number of amides is 5. The molecule has 0 spiro atoms. The van der Waals surface area contributed by atoms with Crippen LogP contribution in [0.1, 0.15) is 50.9 Å². The van der Waals surface area contributed by atoms with Crippen LogP contribution in [0.4, 0.5) is 4.79 Å². The Morgan fingerprint density at radius 2 is 1.69 bits per heavy atom. The molecular weight excluding hydrogens is 510 g/mol. The predicted molar refractivity (Wildman–Crippen MR) is 140 cm³/mol. The summed E-state index contributed by atoms with van der Waals surface area (Å²) in [5.74, 6) is -2.88. The quantitative estimate of drug-likeness (QED) is 0.231. The second-order valence-electron chi connectivity index (χ2n) is 9.98. The van der Waals surface area contributed by atoms with Gasteiger partial charge in [0.2, 0.25) is 11.8 Å². The maximum Gasteiger partial charge on any atom is 0.315 e. The highest BCUT2D eigenvalue weighted by Crippen LogP contribution is 2.22. The molecule has 0 unspecified atom stereocenters. The average Bonchev–Trinajstić information content (AvgIpc) is 3.29. The van der Waals surface area contributed by atoms with Gasteiger partial charge >= 0.3 is 12.0 Å². The van der Waals surface area contributed by atoms with Gasteiger partial charge in [0, 0.05) is 18.2 Å². The number of hydrogen-bond acceptors (Lipinski definition) is 7. The van der Waals surface area contributed by atoms with Crippen molar-refractivity contribution in [3.63, 3.8) is 0 Å². The highest BCUT2D eigenvalue weighted by molar-refractivity contribution is 5.99. The third kappa shape index (κ3) is 8.97. The fourth-order valence-electron chi connectivity index (χ4n) is 4.18. The van der Waals surface area contributed by atoms with E-state index in [4.69, 9.17) is 9.84 Å². The van der Waals surface area contributed by atoms with Gasteiger partial charge in [-0.2, -0.15) is 0 Å². The van der Waals surface area contributed by atoms with E-state index in [2.05, 4.69) is 21.3 Å². The summed E-state index contributed by atoms with van der Waals surface area (Å²) in [6.07, 6.45) is -0.287. The molecule has 1 aliphatic rings. The number of benzene rings is 1. The van der Waals surface area contributed by atoms with Crippen LogP contribution in [0, 0.1) is 5.92 Å². The Kier molecular flexibility index (Phi) is 11.2. The molecule has 4 atom stereocenters. The summed E-state index contributed by atoms with van der Waals surface area (Å²) < 4.78 is 5.10. The maximum absolute atomic E-state index is 13.7. The van der Waals surface area contributed by atoms with E-state index >= 15 is 0 Å². The monoisotopic (exact) mass is 547 g/mol. The van der Waals surface area contributed by atoms with Gasteiger partial charge in [0.05, 0.1) is 25.6 Å². The van der Waals surface area contributed by atoms with Crippen LogP contribution in [0.15, 0.2) is 24.3 Å². The molecule has 2 rings (SSSR count). The number of nitrogens with one attached hydrogen (secondary N) is 4. The molecule has 214 valence electrons. The summed E-state index contributed by atoms with van der Waals surface area (Å²) >= 11 is 0. The number of methoxy groups -OCH3 is 1. The third-order valence-corrected chi connectivity index (χ3v) is 6.10. The number of carboxylic acid groups (broad SMARTS) is 1. The van der Waals surface area contributed by atoms with Crippen molar-refractivity contribution < 1.29 is 38.6 Å². The Bertz CT molecular complexity index is 1060. The summed E-state index contributed by atoms with van der Waals surface area (Å²) in [5, 5.41) is 19.5. The molecule has 0 aromatic heterocycles. The van der Waals surface area contributed by atoms with Crippen LogP contribution in [0.3, 0.4) is 0 Å². The topological polar surface area (TPSA) is 183 Å². The number of likely N-dealkylation sites (tertiary alicyclic amines) is 1. The zero-order valence-corrected chi connectivity index (χ0v) is 22.7. The fraction of sp³-hybridized carbons (Fsp3) is 0.538. The van der Waals surface area contributed by atoms with Gasteiger partial charge in [0.25, 0.3) is 5.91 Å². The number of carbonyl (C=O) groups excluding carboxylic acids is 5. The van der Waals surface area contributed by atoms with Gasteiger partial charge in [0.15, 0.2) is 0 Å². The Hall–Kier alpha value is -4.16. The largest absolute Gasteiger partial charge is 0.497 e. The van der Waals surface area contributed by atoms with E-state index < -0.39 is 60.3 Å². The molecule has 0 saturated carbocycles. The molecule has 1 aliphatic heterocycles. The van der Waals surface area contributed by atoms with Crippen molar-refractivity contribution in [3.05, 3.63) is 29.8 Å². The number of aldehydes is 1. The van der Waals surface area contributed by atoms with Crippen molar-refractivity contribution in [2.24, 2.45) is 5.92 Å². The van der Waals surface area contributed by atoms with Gasteiger partial charge in [0.1, 0.15) is 24.1 Å². The highest BCUT2D eigenvalue weighted by Gasteiger charge is 2.43. The highest BCUT2D eigenvalue weighted by atomic mass is 16.5. The van der Waals surface area contributed by atoms with E-state index in [0.29, 0.717) is 17.6 Å². The van der Waals surface area contributed by atoms with Crippen molar-refractivity contribution in [2.75, 3.05) is 13.7 Å². The second kappa shape index (κ2) is 14.1. The summed E-state index contributed by atoms with van der Waals surface area (Å²) in [6, 6.07) is 1.67. The zero-order valence-electron chi connectivity index (χ0n) is 22.7. The first kappa shape index (κ1) is 31.1. The van der Waals surface area contributed by atoms with Gasteiger partial charge in [-0.1, -0.05) is 13.8 Å². The number of ether oxygens (including phenoxy) is 1. The lowest BCUT2D eigenvalue weighted by atomic mass is 10.0. The summed E-state index contributed by atoms with van der Waals surface area (Å²) in [7, 11) is 1.50. The van der Waals surface area contributed by atoms with Crippen LogP contribution < -0.4 is 26.0 Å². The standard InChI is InChI=1S/C26H37N5O8/c1-14(2)22(30-23(35)16-6-8-19(39-5)9-7-16)25(37)31-12-17(29-26(38)27-15(3)4)10-20(31)24(36)28-18(13-32)11-21(33)34/h6-9,13-15,17-18,20,22H,10-12H2,1-5H3,(H,28,36)(H,30,35)(H,33,34)(H2,27,29,38)/t17-,18+,20+,22+/m1/s1. The van der Waals surface area contributed by atoms with Crippen LogP contribution in [0.2, 0.25) is 0 Å². The Morgan fingerprint density at radius 1 is 1.05 bits per heavy atom. The van der Waals surface area contributed by atoms with E-state index in [1.165, 1.54) is 12.0 Å². The predicted octanol–water partition coefficient (Wildman–Crippen LogP) is 0.285. The van der Waals surface area contributed by atoms with Crippen molar-refractivity contribution in [2.45, 2.75) is 70.7 Å². The van der Waals surface area contributed by atoms with E-state index in [9.17, 15) is 28.8 Å². The first-order valence-electron chi connectivity index (χ1n) is 12.7. The molecule has 13 heteroatoms. The SMILES string of the molecule is COc1ccc(C(=O)N[C@H](C(=O)N2C[C@H](NC(=O)NC(C)C)C[C@H]2C(=O)N[C@H](C=O)CC(=O)O)C(C)C)cc1. The van der Waals surface area contributed by atoms with Crippen LogP contribution in [-0.4, -0.2) is 89.9 Å². The number of nitrogens with zero attached hydrogens (tertiary/aromatic N) is 1. The van der Waals surface area contributed by atoms with Gasteiger partial charge in [-0.15, -0.1) is 0 Å². The van der Waals surface area contributed by atoms with E-state index in [1.807, 2.05) is 0 Å². The van der Waals surface area contributed by atoms with Gasteiger partial charge in [-0.25, -0.2) is 4.79 Å². The van der Waals surface area contributed by atoms with Crippen LogP contribution >= 0.6 is 0 Å². The molecule has 1 aromatic carbocycles. The molecule has 1 aromatic rings. The molecule has 5 N–H and O–H groups in total. The van der Waals surface area contributed by atoms with Crippen LogP contribution in [0.5, 0.6) is 5.75 Å². The Labute approximate surface area is 227 Å². The van der Waals surface area contributed by atoms with E-state index in [0.717, 1.165) is 0 Å². The van der Waals surface area contributed by atoms with E-state index in [1.54, 1.807) is 52.0 Å².